The minimum absolute atomic E-state index is 0.0124. The third-order valence-electron chi connectivity index (χ3n) is 3.56. The first-order chi connectivity index (χ1) is 13.3. The maximum Gasteiger partial charge on any atom is 0.279 e. The van der Waals surface area contributed by atoms with Crippen LogP contribution in [0.1, 0.15) is 20.0 Å². The van der Waals surface area contributed by atoms with Gasteiger partial charge in [0.2, 0.25) is 0 Å². The summed E-state index contributed by atoms with van der Waals surface area (Å²) >= 11 is 7.02. The maximum absolute atomic E-state index is 12.4. The fraction of sp³-hybridized carbons (Fsp3) is 0. The molecule has 7 nitrogen and oxygen atoms in total. The molecule has 0 spiro atoms. The molecular weight excluding hydrogens is 422 g/mol. The van der Waals surface area contributed by atoms with Crippen LogP contribution in [0.25, 0.3) is 0 Å². The van der Waals surface area contributed by atoms with E-state index in [1.165, 1.54) is 47.7 Å². The van der Waals surface area contributed by atoms with Gasteiger partial charge in [0.15, 0.2) is 0 Å². The Morgan fingerprint density at radius 3 is 2.11 bits per heavy atom. The lowest BCUT2D eigenvalue weighted by Gasteiger charge is -2.09. The van der Waals surface area contributed by atoms with Crippen molar-refractivity contribution in [1.29, 1.82) is 0 Å². The zero-order chi connectivity index (χ0) is 20.1. The zero-order valence-electron chi connectivity index (χ0n) is 14.2. The molecule has 0 saturated carbocycles. The summed E-state index contributed by atoms with van der Waals surface area (Å²) in [4.78, 5) is 24.4. The number of sulfonamides is 1. The predicted octanol–water partition coefficient (Wildman–Crippen LogP) is 3.28. The number of amides is 2. The zero-order valence-corrected chi connectivity index (χ0v) is 16.6. The highest BCUT2D eigenvalue weighted by Gasteiger charge is 2.16. The molecule has 0 aliphatic rings. The van der Waals surface area contributed by atoms with Crippen molar-refractivity contribution in [2.75, 3.05) is 4.72 Å². The van der Waals surface area contributed by atoms with E-state index in [2.05, 4.69) is 15.6 Å². The molecule has 0 aliphatic carbocycles. The molecule has 2 aromatic carbocycles. The van der Waals surface area contributed by atoms with Crippen LogP contribution in [0.5, 0.6) is 0 Å². The number of nitrogens with one attached hydrogen (secondary N) is 3. The SMILES string of the molecule is O=C(NNC(=O)c1cccs1)c1ccc(S(=O)(=O)Nc2ccc(Cl)cc2)cc1. The number of thiophene rings is 1. The topological polar surface area (TPSA) is 104 Å². The molecule has 3 rings (SSSR count). The molecule has 0 fully saturated rings. The van der Waals surface area contributed by atoms with Gasteiger partial charge in [0.1, 0.15) is 0 Å². The van der Waals surface area contributed by atoms with Crippen molar-refractivity contribution in [3.05, 3.63) is 81.5 Å². The summed E-state index contributed by atoms with van der Waals surface area (Å²) in [5.74, 6) is -1.01. The van der Waals surface area contributed by atoms with E-state index < -0.39 is 21.8 Å². The Hall–Kier alpha value is -2.88. The number of rotatable bonds is 5. The molecule has 144 valence electrons. The maximum atomic E-state index is 12.4. The van der Waals surface area contributed by atoms with Crippen LogP contribution >= 0.6 is 22.9 Å². The average Bonchev–Trinajstić information content (AvgIpc) is 3.22. The monoisotopic (exact) mass is 435 g/mol. The van der Waals surface area contributed by atoms with E-state index in [1.54, 1.807) is 29.6 Å². The van der Waals surface area contributed by atoms with E-state index in [9.17, 15) is 18.0 Å². The van der Waals surface area contributed by atoms with Crippen molar-refractivity contribution in [3.8, 4) is 0 Å². The lowest BCUT2D eigenvalue weighted by molar-refractivity contribution is 0.0849. The molecule has 28 heavy (non-hydrogen) atoms. The van der Waals surface area contributed by atoms with Crippen molar-refractivity contribution in [2.24, 2.45) is 0 Å². The molecule has 1 aromatic heterocycles. The molecule has 0 radical (unpaired) electrons. The van der Waals surface area contributed by atoms with Gasteiger partial charge >= 0.3 is 0 Å². The van der Waals surface area contributed by atoms with Gasteiger partial charge in [-0.05, 0) is 60.0 Å². The summed E-state index contributed by atoms with van der Waals surface area (Å²) in [6, 6.07) is 14.9. The number of anilines is 1. The summed E-state index contributed by atoms with van der Waals surface area (Å²) in [5.41, 5.74) is 5.13. The quantitative estimate of drug-likeness (QED) is 0.535. The van der Waals surface area contributed by atoms with Gasteiger partial charge in [-0.25, -0.2) is 8.42 Å². The summed E-state index contributed by atoms with van der Waals surface area (Å²) < 4.78 is 27.3. The van der Waals surface area contributed by atoms with E-state index >= 15 is 0 Å². The molecule has 3 aromatic rings. The van der Waals surface area contributed by atoms with Crippen LogP contribution in [-0.4, -0.2) is 20.2 Å². The first-order valence-electron chi connectivity index (χ1n) is 7.88. The van der Waals surface area contributed by atoms with Gasteiger partial charge in [-0.2, -0.15) is 0 Å². The first-order valence-corrected chi connectivity index (χ1v) is 10.6. The highest BCUT2D eigenvalue weighted by Crippen LogP contribution is 2.18. The van der Waals surface area contributed by atoms with Gasteiger partial charge in [0.25, 0.3) is 21.8 Å². The summed E-state index contributed by atoms with van der Waals surface area (Å²) in [7, 11) is -3.82. The highest BCUT2D eigenvalue weighted by molar-refractivity contribution is 7.92. The van der Waals surface area contributed by atoms with Crippen LogP contribution in [0.15, 0.2) is 70.9 Å². The van der Waals surface area contributed by atoms with Gasteiger partial charge < -0.3 is 0 Å². The highest BCUT2D eigenvalue weighted by atomic mass is 35.5. The van der Waals surface area contributed by atoms with E-state index in [4.69, 9.17) is 11.6 Å². The Morgan fingerprint density at radius 2 is 1.50 bits per heavy atom. The number of benzene rings is 2. The number of hydrogen-bond donors (Lipinski definition) is 3. The lowest BCUT2D eigenvalue weighted by atomic mass is 10.2. The van der Waals surface area contributed by atoms with Gasteiger partial charge in [-0.3, -0.25) is 25.2 Å². The van der Waals surface area contributed by atoms with E-state index in [0.29, 0.717) is 15.6 Å². The van der Waals surface area contributed by atoms with Gasteiger partial charge in [-0.15, -0.1) is 11.3 Å². The normalized spacial score (nSPS) is 10.9. The smallest absolute Gasteiger partial charge is 0.279 e. The number of hydrazine groups is 1. The number of hydrogen-bond acceptors (Lipinski definition) is 5. The van der Waals surface area contributed by atoms with Crippen molar-refractivity contribution < 1.29 is 18.0 Å². The lowest BCUT2D eigenvalue weighted by Crippen LogP contribution is -2.41. The van der Waals surface area contributed by atoms with E-state index in [-0.39, 0.29) is 10.5 Å². The molecule has 1 heterocycles. The van der Waals surface area contributed by atoms with E-state index in [1.807, 2.05) is 0 Å². The van der Waals surface area contributed by atoms with Crippen molar-refractivity contribution in [3.63, 3.8) is 0 Å². The van der Waals surface area contributed by atoms with Crippen molar-refractivity contribution >= 4 is 50.5 Å². The Labute approximate surface area is 170 Å². The molecule has 2 amide bonds. The summed E-state index contributed by atoms with van der Waals surface area (Å²) in [6.07, 6.45) is 0. The van der Waals surface area contributed by atoms with Gasteiger partial charge in [0, 0.05) is 16.3 Å². The molecule has 10 heteroatoms. The van der Waals surface area contributed by atoms with Crippen LogP contribution in [-0.2, 0) is 10.0 Å². The van der Waals surface area contributed by atoms with Crippen molar-refractivity contribution in [1.82, 2.24) is 10.9 Å². The second-order valence-corrected chi connectivity index (χ2v) is 8.59. The Morgan fingerprint density at radius 1 is 0.857 bits per heavy atom. The molecule has 0 saturated heterocycles. The second-order valence-electron chi connectivity index (χ2n) is 5.52. The number of carbonyl (C=O) groups excluding carboxylic acids is 2. The van der Waals surface area contributed by atoms with Crippen LogP contribution in [0, 0.1) is 0 Å². The number of carbonyl (C=O) groups is 2. The minimum atomic E-state index is -3.82. The average molecular weight is 436 g/mol. The minimum Gasteiger partial charge on any atom is -0.280 e. The summed E-state index contributed by atoms with van der Waals surface area (Å²) in [5, 5.41) is 2.23. The van der Waals surface area contributed by atoms with Crippen LogP contribution in [0.3, 0.4) is 0 Å². The number of halogens is 1. The molecule has 3 N–H and O–H groups in total. The van der Waals surface area contributed by atoms with Crippen molar-refractivity contribution in [2.45, 2.75) is 4.90 Å². The standard InChI is InChI=1S/C18H14ClN3O4S2/c19-13-5-7-14(8-6-13)22-28(25,26)15-9-3-12(4-10-15)17(23)20-21-18(24)16-2-1-11-27-16/h1-11,22H,(H,20,23)(H,21,24). The molecule has 0 aliphatic heterocycles. The molecular formula is C18H14ClN3O4S2. The first kappa shape index (κ1) is 19.9. The Kier molecular flexibility index (Phi) is 5.98. The predicted molar refractivity (Wildman–Crippen MR) is 108 cm³/mol. The fourth-order valence-electron chi connectivity index (χ4n) is 2.17. The Balaban J connectivity index is 1.64. The third kappa shape index (κ3) is 4.89. The van der Waals surface area contributed by atoms with Gasteiger partial charge in [-0.1, -0.05) is 17.7 Å². The Bertz CT molecular complexity index is 1080. The van der Waals surface area contributed by atoms with Crippen LogP contribution in [0.2, 0.25) is 5.02 Å². The second kappa shape index (κ2) is 8.42. The van der Waals surface area contributed by atoms with Crippen LogP contribution < -0.4 is 15.6 Å². The van der Waals surface area contributed by atoms with E-state index in [0.717, 1.165) is 0 Å². The molecule has 0 unspecified atom stereocenters. The molecule has 0 atom stereocenters. The fourth-order valence-corrected chi connectivity index (χ4v) is 3.98. The summed E-state index contributed by atoms with van der Waals surface area (Å²) in [6.45, 7) is 0. The van der Waals surface area contributed by atoms with Crippen LogP contribution in [0.4, 0.5) is 5.69 Å². The largest absolute Gasteiger partial charge is 0.280 e. The molecule has 0 bridgehead atoms. The van der Waals surface area contributed by atoms with Gasteiger partial charge in [0.05, 0.1) is 9.77 Å². The third-order valence-corrected chi connectivity index (χ3v) is 6.08.